The zero-order chi connectivity index (χ0) is 13.2. The number of nitrogen functional groups attached to an aromatic ring is 1. The highest BCUT2D eigenvalue weighted by molar-refractivity contribution is 5.55. The quantitative estimate of drug-likeness (QED) is 0.705. The molecule has 19 heavy (non-hydrogen) atoms. The molecule has 0 radical (unpaired) electrons. The lowest BCUT2D eigenvalue weighted by Gasteiger charge is -2.04. The monoisotopic (exact) mass is 254 g/mol. The molecule has 3 aromatic rings. The molecule has 0 aliphatic rings. The van der Waals surface area contributed by atoms with E-state index in [2.05, 4.69) is 30.0 Å². The Morgan fingerprint density at radius 1 is 1.16 bits per heavy atom. The number of pyridine rings is 1. The molecule has 0 saturated carbocycles. The lowest BCUT2D eigenvalue weighted by atomic mass is 10.2. The summed E-state index contributed by atoms with van der Waals surface area (Å²) in [4.78, 5) is 20.4. The summed E-state index contributed by atoms with van der Waals surface area (Å²) in [6.45, 7) is 1.91. The van der Waals surface area contributed by atoms with Gasteiger partial charge in [0.15, 0.2) is 5.82 Å². The van der Waals surface area contributed by atoms with E-state index in [0.717, 1.165) is 11.3 Å². The van der Waals surface area contributed by atoms with Crippen LogP contribution in [0.25, 0.3) is 17.3 Å². The van der Waals surface area contributed by atoms with Crippen LogP contribution in [0, 0.1) is 6.92 Å². The van der Waals surface area contributed by atoms with Crippen LogP contribution in [0.3, 0.4) is 0 Å². The van der Waals surface area contributed by atoms with Crippen LogP contribution in [0.1, 0.15) is 5.69 Å². The Hall–Kier alpha value is -2.90. The average Bonchev–Trinajstić information content (AvgIpc) is 2.93. The molecule has 0 amide bonds. The minimum atomic E-state index is 0.121. The van der Waals surface area contributed by atoms with Crippen LogP contribution >= 0.6 is 0 Å². The zero-order valence-corrected chi connectivity index (χ0v) is 10.1. The largest absolute Gasteiger partial charge is 0.368 e. The molecular weight excluding hydrogens is 244 g/mol. The summed E-state index contributed by atoms with van der Waals surface area (Å²) in [6, 6.07) is 3.76. The fourth-order valence-corrected chi connectivity index (χ4v) is 1.52. The van der Waals surface area contributed by atoms with E-state index in [9.17, 15) is 0 Å². The van der Waals surface area contributed by atoms with E-state index >= 15 is 0 Å². The fraction of sp³-hybridized carbons (Fsp3) is 0.0909. The van der Waals surface area contributed by atoms with Crippen molar-refractivity contribution in [2.24, 2.45) is 0 Å². The molecule has 8 nitrogen and oxygen atoms in total. The number of nitrogens with two attached hydrogens (primary N) is 1. The van der Waals surface area contributed by atoms with Crippen LogP contribution in [0.4, 0.5) is 5.95 Å². The first-order valence-corrected chi connectivity index (χ1v) is 5.52. The summed E-state index contributed by atoms with van der Waals surface area (Å²) in [5.41, 5.74) is 7.37. The standard InChI is InChI=1S/C11H10N8/c1-7-2-3-8(4-14-7)9-16-10(12)18-11(17-9)19-6-13-5-15-19/h2-6H,1H3,(H2,12,16,17,18). The molecule has 3 aromatic heterocycles. The molecule has 0 aromatic carbocycles. The predicted octanol–water partition coefficient (Wildman–Crippen LogP) is 0.405. The molecular formula is C11H10N8. The van der Waals surface area contributed by atoms with E-state index in [1.165, 1.54) is 17.3 Å². The molecule has 0 atom stereocenters. The van der Waals surface area contributed by atoms with Crippen LogP contribution in [-0.4, -0.2) is 34.7 Å². The fourth-order valence-electron chi connectivity index (χ4n) is 1.52. The number of aryl methyl sites for hydroxylation is 1. The smallest absolute Gasteiger partial charge is 0.257 e. The molecule has 0 aliphatic heterocycles. The topological polar surface area (TPSA) is 108 Å². The number of hydrogen-bond acceptors (Lipinski definition) is 7. The number of hydrogen-bond donors (Lipinski definition) is 1. The van der Waals surface area contributed by atoms with Gasteiger partial charge in [-0.1, -0.05) is 0 Å². The lowest BCUT2D eigenvalue weighted by Crippen LogP contribution is -2.08. The van der Waals surface area contributed by atoms with E-state index in [0.29, 0.717) is 11.8 Å². The van der Waals surface area contributed by atoms with Gasteiger partial charge >= 0.3 is 0 Å². The third-order valence-corrected chi connectivity index (χ3v) is 2.43. The van der Waals surface area contributed by atoms with Crippen LogP contribution in [0.15, 0.2) is 31.0 Å². The summed E-state index contributed by atoms with van der Waals surface area (Å²) in [5.74, 6) is 0.891. The molecule has 0 aliphatic carbocycles. The predicted molar refractivity (Wildman–Crippen MR) is 67.1 cm³/mol. The molecule has 3 heterocycles. The Morgan fingerprint density at radius 3 is 2.74 bits per heavy atom. The Balaban J connectivity index is 2.10. The van der Waals surface area contributed by atoms with Crippen LogP contribution in [0.2, 0.25) is 0 Å². The zero-order valence-electron chi connectivity index (χ0n) is 10.1. The van der Waals surface area contributed by atoms with Gasteiger partial charge in [-0.25, -0.2) is 4.98 Å². The van der Waals surface area contributed by atoms with E-state index < -0.39 is 0 Å². The highest BCUT2D eigenvalue weighted by Crippen LogP contribution is 2.15. The van der Waals surface area contributed by atoms with Crippen molar-refractivity contribution in [3.8, 4) is 17.3 Å². The molecule has 94 valence electrons. The van der Waals surface area contributed by atoms with Crippen LogP contribution < -0.4 is 5.73 Å². The highest BCUT2D eigenvalue weighted by atomic mass is 15.4. The SMILES string of the molecule is Cc1ccc(-c2nc(N)nc(-n3cncn3)n2)cn1. The number of aromatic nitrogens is 7. The van der Waals surface area contributed by atoms with Crippen molar-refractivity contribution in [3.05, 3.63) is 36.7 Å². The molecule has 3 rings (SSSR count). The van der Waals surface area contributed by atoms with Crippen molar-refractivity contribution in [2.45, 2.75) is 6.92 Å². The van der Waals surface area contributed by atoms with E-state index in [1.807, 2.05) is 19.1 Å². The molecule has 0 bridgehead atoms. The number of nitrogens with zero attached hydrogens (tertiary/aromatic N) is 7. The second-order valence-corrected chi connectivity index (χ2v) is 3.85. The van der Waals surface area contributed by atoms with Gasteiger partial charge in [0.1, 0.15) is 12.7 Å². The average molecular weight is 254 g/mol. The maximum Gasteiger partial charge on any atom is 0.257 e. The maximum absolute atomic E-state index is 5.69. The highest BCUT2D eigenvalue weighted by Gasteiger charge is 2.09. The summed E-state index contributed by atoms with van der Waals surface area (Å²) >= 11 is 0. The Bertz CT molecular complexity index is 689. The second kappa shape index (κ2) is 4.41. The van der Waals surface area contributed by atoms with Crippen LogP contribution in [-0.2, 0) is 0 Å². The van der Waals surface area contributed by atoms with Crippen molar-refractivity contribution in [2.75, 3.05) is 5.73 Å². The Labute approximate surface area is 108 Å². The van der Waals surface area contributed by atoms with Crippen molar-refractivity contribution in [1.29, 1.82) is 0 Å². The summed E-state index contributed by atoms with van der Waals surface area (Å²) in [5, 5.41) is 3.96. The number of rotatable bonds is 2. The van der Waals surface area contributed by atoms with Crippen molar-refractivity contribution < 1.29 is 0 Å². The van der Waals surface area contributed by atoms with Gasteiger partial charge in [-0.2, -0.15) is 24.7 Å². The first kappa shape index (κ1) is 11.2. The minimum absolute atomic E-state index is 0.121. The second-order valence-electron chi connectivity index (χ2n) is 3.85. The summed E-state index contributed by atoms with van der Waals surface area (Å²) < 4.78 is 1.42. The first-order valence-electron chi connectivity index (χ1n) is 5.52. The van der Waals surface area contributed by atoms with Crippen molar-refractivity contribution >= 4 is 5.95 Å². The van der Waals surface area contributed by atoms with Gasteiger partial charge in [0, 0.05) is 17.5 Å². The molecule has 0 unspecified atom stereocenters. The van der Waals surface area contributed by atoms with Gasteiger partial charge in [0.05, 0.1) is 0 Å². The normalized spacial score (nSPS) is 10.6. The Kier molecular flexibility index (Phi) is 2.60. The van der Waals surface area contributed by atoms with Gasteiger partial charge in [-0.3, -0.25) is 4.98 Å². The molecule has 0 fully saturated rings. The van der Waals surface area contributed by atoms with Crippen molar-refractivity contribution in [3.63, 3.8) is 0 Å². The summed E-state index contributed by atoms with van der Waals surface area (Å²) in [7, 11) is 0. The first-order chi connectivity index (χ1) is 9.22. The third-order valence-electron chi connectivity index (χ3n) is 2.43. The van der Waals surface area contributed by atoms with Crippen molar-refractivity contribution in [1.82, 2.24) is 34.7 Å². The molecule has 0 saturated heterocycles. The van der Waals surface area contributed by atoms with Crippen LogP contribution in [0.5, 0.6) is 0 Å². The minimum Gasteiger partial charge on any atom is -0.368 e. The van der Waals surface area contributed by atoms with Gasteiger partial charge < -0.3 is 5.73 Å². The Morgan fingerprint density at radius 2 is 2.05 bits per heavy atom. The summed E-state index contributed by atoms with van der Waals surface area (Å²) in [6.07, 6.45) is 4.58. The third kappa shape index (κ3) is 2.23. The van der Waals surface area contributed by atoms with Gasteiger partial charge in [-0.05, 0) is 19.1 Å². The van der Waals surface area contributed by atoms with Gasteiger partial charge in [-0.15, -0.1) is 0 Å². The molecule has 8 heteroatoms. The van der Waals surface area contributed by atoms with E-state index in [4.69, 9.17) is 5.73 Å². The van der Waals surface area contributed by atoms with Gasteiger partial charge in [0.25, 0.3) is 5.95 Å². The maximum atomic E-state index is 5.69. The molecule has 2 N–H and O–H groups in total. The van der Waals surface area contributed by atoms with E-state index in [1.54, 1.807) is 6.20 Å². The molecule has 0 spiro atoms. The number of anilines is 1. The van der Waals surface area contributed by atoms with Gasteiger partial charge in [0.2, 0.25) is 5.95 Å². The lowest BCUT2D eigenvalue weighted by molar-refractivity contribution is 0.799. The van der Waals surface area contributed by atoms with E-state index in [-0.39, 0.29) is 5.95 Å².